The second-order valence-corrected chi connectivity index (χ2v) is 6.34. The SMILES string of the molecule is O=C(NCCc1ccc(OCC(F)(F)F)cc1)C1(C(F)(F)F)CCCC1. The maximum atomic E-state index is 13.3. The van der Waals surface area contributed by atoms with Crippen molar-refractivity contribution in [1.29, 1.82) is 0 Å². The lowest BCUT2D eigenvalue weighted by atomic mass is 9.84. The lowest BCUT2D eigenvalue weighted by Gasteiger charge is -2.30. The first-order valence-electron chi connectivity index (χ1n) is 8.17. The minimum absolute atomic E-state index is 0.0133. The predicted octanol–water partition coefficient (Wildman–Crippen LogP) is 4.41. The molecule has 2 rings (SSSR count). The molecule has 0 atom stereocenters. The Bertz CT molecular complexity index is 603. The molecule has 1 saturated carbocycles. The molecule has 1 fully saturated rings. The van der Waals surface area contributed by atoms with Crippen LogP contribution in [0.3, 0.4) is 0 Å². The van der Waals surface area contributed by atoms with Crippen molar-refractivity contribution in [3.63, 3.8) is 0 Å². The van der Waals surface area contributed by atoms with E-state index in [0.717, 1.165) is 0 Å². The molecule has 1 N–H and O–H groups in total. The largest absolute Gasteiger partial charge is 0.484 e. The maximum Gasteiger partial charge on any atom is 0.422 e. The summed E-state index contributed by atoms with van der Waals surface area (Å²) < 4.78 is 80.5. The number of carbonyl (C=O) groups excluding carboxylic acids is 1. The third-order valence-corrected chi connectivity index (χ3v) is 4.46. The molecule has 0 aliphatic heterocycles. The number of ether oxygens (including phenoxy) is 1. The summed E-state index contributed by atoms with van der Waals surface area (Å²) >= 11 is 0. The number of hydrogen-bond acceptors (Lipinski definition) is 2. The van der Waals surface area contributed by atoms with Crippen molar-refractivity contribution in [2.75, 3.05) is 13.2 Å². The second kappa shape index (κ2) is 7.75. The van der Waals surface area contributed by atoms with Gasteiger partial charge in [-0.05, 0) is 37.0 Å². The molecule has 1 aliphatic rings. The molecule has 0 heterocycles. The van der Waals surface area contributed by atoms with Crippen LogP contribution in [-0.4, -0.2) is 31.4 Å². The summed E-state index contributed by atoms with van der Waals surface area (Å²) in [6, 6.07) is 5.70. The van der Waals surface area contributed by atoms with Crippen LogP contribution in [0, 0.1) is 5.41 Å². The highest BCUT2D eigenvalue weighted by Crippen LogP contribution is 2.50. The van der Waals surface area contributed by atoms with Gasteiger partial charge < -0.3 is 10.1 Å². The molecule has 0 radical (unpaired) electrons. The molecule has 9 heteroatoms. The van der Waals surface area contributed by atoms with Gasteiger partial charge in [0.25, 0.3) is 0 Å². The van der Waals surface area contributed by atoms with Gasteiger partial charge in [0, 0.05) is 6.54 Å². The average molecular weight is 383 g/mol. The number of rotatable bonds is 6. The van der Waals surface area contributed by atoms with Crippen LogP contribution in [0.15, 0.2) is 24.3 Å². The van der Waals surface area contributed by atoms with Crippen molar-refractivity contribution in [3.05, 3.63) is 29.8 Å². The second-order valence-electron chi connectivity index (χ2n) is 6.34. The third-order valence-electron chi connectivity index (χ3n) is 4.46. The van der Waals surface area contributed by atoms with Crippen LogP contribution in [0.2, 0.25) is 0 Å². The number of benzene rings is 1. The Balaban J connectivity index is 1.84. The topological polar surface area (TPSA) is 38.3 Å². The van der Waals surface area contributed by atoms with Gasteiger partial charge in [-0.3, -0.25) is 4.79 Å². The maximum absolute atomic E-state index is 13.3. The minimum Gasteiger partial charge on any atom is -0.484 e. The first kappa shape index (κ1) is 20.4. The highest BCUT2D eigenvalue weighted by molar-refractivity contribution is 5.83. The highest BCUT2D eigenvalue weighted by atomic mass is 19.4. The van der Waals surface area contributed by atoms with Crippen molar-refractivity contribution in [2.45, 2.75) is 44.5 Å². The van der Waals surface area contributed by atoms with Crippen LogP contribution in [0.4, 0.5) is 26.3 Å². The van der Waals surface area contributed by atoms with Gasteiger partial charge >= 0.3 is 12.4 Å². The predicted molar refractivity (Wildman–Crippen MR) is 81.7 cm³/mol. The summed E-state index contributed by atoms with van der Waals surface area (Å²) in [5.41, 5.74) is -1.64. The van der Waals surface area contributed by atoms with E-state index in [1.807, 2.05) is 0 Å². The fourth-order valence-corrected chi connectivity index (χ4v) is 3.02. The Kier molecular flexibility index (Phi) is 6.08. The molecule has 1 aliphatic carbocycles. The highest BCUT2D eigenvalue weighted by Gasteiger charge is 2.60. The number of nitrogens with one attached hydrogen (secondary N) is 1. The smallest absolute Gasteiger partial charge is 0.422 e. The average Bonchev–Trinajstić information content (AvgIpc) is 3.04. The van der Waals surface area contributed by atoms with Crippen molar-refractivity contribution < 1.29 is 35.9 Å². The van der Waals surface area contributed by atoms with E-state index < -0.39 is 30.3 Å². The zero-order valence-corrected chi connectivity index (χ0v) is 13.8. The van der Waals surface area contributed by atoms with Crippen molar-refractivity contribution in [2.24, 2.45) is 5.41 Å². The number of carbonyl (C=O) groups is 1. The summed E-state index contributed by atoms with van der Waals surface area (Å²) in [7, 11) is 0. The molecule has 0 bridgehead atoms. The monoisotopic (exact) mass is 383 g/mol. The molecule has 26 heavy (non-hydrogen) atoms. The minimum atomic E-state index is -4.58. The first-order valence-corrected chi connectivity index (χ1v) is 8.17. The number of amides is 1. The van der Waals surface area contributed by atoms with Crippen molar-refractivity contribution >= 4 is 5.91 Å². The first-order chi connectivity index (χ1) is 12.0. The van der Waals surface area contributed by atoms with E-state index in [1.54, 1.807) is 0 Å². The summed E-state index contributed by atoms with van der Waals surface area (Å²) in [6.45, 7) is -1.39. The van der Waals surface area contributed by atoms with Gasteiger partial charge in [0.2, 0.25) is 5.91 Å². The zero-order valence-electron chi connectivity index (χ0n) is 13.8. The summed E-state index contributed by atoms with van der Waals surface area (Å²) in [6.07, 6.45) is -8.41. The molecule has 0 unspecified atom stereocenters. The van der Waals surface area contributed by atoms with Crippen molar-refractivity contribution in [1.82, 2.24) is 5.32 Å². The molecule has 1 aromatic carbocycles. The van der Waals surface area contributed by atoms with E-state index in [0.29, 0.717) is 18.4 Å². The normalized spacial score (nSPS) is 17.2. The third kappa shape index (κ3) is 5.04. The van der Waals surface area contributed by atoms with E-state index in [-0.39, 0.29) is 31.6 Å². The molecular weight excluding hydrogens is 364 g/mol. The van der Waals surface area contributed by atoms with E-state index >= 15 is 0 Å². The fourth-order valence-electron chi connectivity index (χ4n) is 3.02. The molecule has 1 aromatic rings. The van der Waals surface area contributed by atoms with Gasteiger partial charge in [-0.15, -0.1) is 0 Å². The molecule has 0 saturated heterocycles. The van der Waals surface area contributed by atoms with Gasteiger partial charge in [0.05, 0.1) is 0 Å². The Morgan fingerprint density at radius 2 is 1.62 bits per heavy atom. The fraction of sp³-hybridized carbons (Fsp3) is 0.588. The van der Waals surface area contributed by atoms with Crippen LogP contribution in [-0.2, 0) is 11.2 Å². The van der Waals surface area contributed by atoms with Crippen molar-refractivity contribution in [3.8, 4) is 5.75 Å². The summed E-state index contributed by atoms with van der Waals surface area (Å²) in [5, 5.41) is 2.34. The van der Waals surface area contributed by atoms with E-state index in [2.05, 4.69) is 10.1 Å². The lowest BCUT2D eigenvalue weighted by molar-refractivity contribution is -0.220. The molecule has 146 valence electrons. The lowest BCUT2D eigenvalue weighted by Crippen LogP contribution is -2.49. The summed E-state index contributed by atoms with van der Waals surface area (Å²) in [4.78, 5) is 12.1. The van der Waals surface area contributed by atoms with Crippen LogP contribution >= 0.6 is 0 Å². The zero-order chi connectivity index (χ0) is 19.4. The van der Waals surface area contributed by atoms with E-state index in [9.17, 15) is 31.1 Å². The van der Waals surface area contributed by atoms with Gasteiger partial charge in [-0.25, -0.2) is 0 Å². The van der Waals surface area contributed by atoms with Gasteiger partial charge in [-0.1, -0.05) is 25.0 Å². The molecule has 1 amide bonds. The standard InChI is InChI=1S/C17H19F6NO2/c18-16(19,20)11-26-13-5-3-12(4-6-13)7-10-24-14(25)15(17(21,22)23)8-1-2-9-15/h3-6H,1-2,7-11H2,(H,24,25). The molecule has 0 aromatic heterocycles. The number of halogens is 6. The van der Waals surface area contributed by atoms with E-state index in [1.165, 1.54) is 24.3 Å². The van der Waals surface area contributed by atoms with Crippen LogP contribution < -0.4 is 10.1 Å². The van der Waals surface area contributed by atoms with Gasteiger partial charge in [-0.2, -0.15) is 26.3 Å². The number of alkyl halides is 6. The Morgan fingerprint density at radius 3 is 2.12 bits per heavy atom. The quantitative estimate of drug-likeness (QED) is 0.739. The van der Waals surface area contributed by atoms with Gasteiger partial charge in [0.1, 0.15) is 11.2 Å². The molecular formula is C17H19F6NO2. The Morgan fingerprint density at radius 1 is 1.04 bits per heavy atom. The van der Waals surface area contributed by atoms with Crippen LogP contribution in [0.25, 0.3) is 0 Å². The van der Waals surface area contributed by atoms with Crippen LogP contribution in [0.5, 0.6) is 5.75 Å². The Labute approximate surface area is 146 Å². The molecule has 0 spiro atoms. The van der Waals surface area contributed by atoms with Crippen LogP contribution in [0.1, 0.15) is 31.2 Å². The van der Waals surface area contributed by atoms with E-state index in [4.69, 9.17) is 0 Å². The number of hydrogen-bond donors (Lipinski definition) is 1. The van der Waals surface area contributed by atoms with Gasteiger partial charge in [0.15, 0.2) is 6.61 Å². The summed E-state index contributed by atoms with van der Waals surface area (Å²) in [5.74, 6) is -0.968. The Hall–Kier alpha value is -1.93. The molecule has 3 nitrogen and oxygen atoms in total.